The van der Waals surface area contributed by atoms with Crippen LogP contribution >= 0.6 is 0 Å². The third-order valence-corrected chi connectivity index (χ3v) is 4.75. The van der Waals surface area contributed by atoms with E-state index in [0.29, 0.717) is 37.6 Å². The summed E-state index contributed by atoms with van der Waals surface area (Å²) < 4.78 is 10.5. The number of rotatable bonds is 6. The Kier molecular flexibility index (Phi) is 6.23. The molecule has 1 fully saturated rings. The number of morpholine rings is 1. The van der Waals surface area contributed by atoms with E-state index in [1.807, 2.05) is 11.8 Å². The van der Waals surface area contributed by atoms with Gasteiger partial charge in [-0.2, -0.15) is 0 Å². The Labute approximate surface area is 168 Å². The summed E-state index contributed by atoms with van der Waals surface area (Å²) in [6.45, 7) is 5.43. The molecule has 0 aliphatic carbocycles. The number of nitrogens with zero attached hydrogens (tertiary/aromatic N) is 2. The molecule has 29 heavy (non-hydrogen) atoms. The number of ether oxygens (including phenoxy) is 2. The van der Waals surface area contributed by atoms with Crippen LogP contribution < -0.4 is 4.90 Å². The highest BCUT2D eigenvalue weighted by Gasteiger charge is 2.25. The molecule has 0 N–H and O–H groups in total. The van der Waals surface area contributed by atoms with E-state index in [2.05, 4.69) is 0 Å². The van der Waals surface area contributed by atoms with E-state index in [4.69, 9.17) is 9.47 Å². The Bertz CT molecular complexity index is 919. The van der Waals surface area contributed by atoms with Crippen molar-refractivity contribution in [1.82, 2.24) is 0 Å². The average molecular weight is 398 g/mol. The maximum absolute atomic E-state index is 12.5. The predicted octanol–water partition coefficient (Wildman–Crippen LogP) is 3.17. The minimum Gasteiger partial charge on any atom is -0.451 e. The number of carbonyl (C=O) groups excluding carboxylic acids is 2. The monoisotopic (exact) mass is 398 g/mol. The second-order valence-electron chi connectivity index (χ2n) is 6.84. The van der Waals surface area contributed by atoms with Crippen LogP contribution in [-0.2, 0) is 9.47 Å². The molecular formula is C21H22N2O6. The maximum Gasteiger partial charge on any atom is 0.339 e. The predicted molar refractivity (Wildman–Crippen MR) is 107 cm³/mol. The molecule has 0 spiro atoms. The van der Waals surface area contributed by atoms with Gasteiger partial charge in [0.15, 0.2) is 6.10 Å². The molecule has 8 nitrogen and oxygen atoms in total. The minimum absolute atomic E-state index is 0.0252. The fourth-order valence-electron chi connectivity index (χ4n) is 3.10. The van der Waals surface area contributed by atoms with Crippen molar-refractivity contribution in [2.45, 2.75) is 20.0 Å². The van der Waals surface area contributed by atoms with Crippen LogP contribution in [0.4, 0.5) is 11.4 Å². The summed E-state index contributed by atoms with van der Waals surface area (Å²) in [7, 11) is 0. The first kappa shape index (κ1) is 20.5. The Balaban J connectivity index is 1.76. The normalized spacial score (nSPS) is 14.9. The van der Waals surface area contributed by atoms with E-state index in [0.717, 1.165) is 5.56 Å². The van der Waals surface area contributed by atoms with Gasteiger partial charge in [0, 0.05) is 24.7 Å². The molecular weight excluding hydrogens is 376 g/mol. The van der Waals surface area contributed by atoms with Gasteiger partial charge >= 0.3 is 5.97 Å². The van der Waals surface area contributed by atoms with Crippen LogP contribution in [0.15, 0.2) is 42.5 Å². The fourth-order valence-corrected chi connectivity index (χ4v) is 3.10. The first-order valence-corrected chi connectivity index (χ1v) is 9.30. The molecule has 0 radical (unpaired) electrons. The summed E-state index contributed by atoms with van der Waals surface area (Å²) in [5, 5.41) is 11.5. The van der Waals surface area contributed by atoms with E-state index >= 15 is 0 Å². The molecule has 1 atom stereocenters. The molecule has 2 aromatic rings. The summed E-state index contributed by atoms with van der Waals surface area (Å²) in [5.74, 6) is -1.12. The van der Waals surface area contributed by atoms with E-state index in [1.165, 1.54) is 25.1 Å². The zero-order valence-electron chi connectivity index (χ0n) is 16.3. The second kappa shape index (κ2) is 8.83. The largest absolute Gasteiger partial charge is 0.451 e. The lowest BCUT2D eigenvalue weighted by Crippen LogP contribution is -2.36. The molecule has 152 valence electrons. The molecule has 1 aliphatic rings. The van der Waals surface area contributed by atoms with Gasteiger partial charge in [0.2, 0.25) is 5.78 Å². The van der Waals surface area contributed by atoms with Crippen LogP contribution in [-0.4, -0.2) is 49.1 Å². The first-order valence-electron chi connectivity index (χ1n) is 9.30. The van der Waals surface area contributed by atoms with Gasteiger partial charge < -0.3 is 14.4 Å². The van der Waals surface area contributed by atoms with Crippen molar-refractivity contribution in [2.24, 2.45) is 0 Å². The lowest BCUT2D eigenvalue weighted by Gasteiger charge is -2.28. The van der Waals surface area contributed by atoms with Crippen LogP contribution in [0.2, 0.25) is 0 Å². The lowest BCUT2D eigenvalue weighted by molar-refractivity contribution is -0.384. The van der Waals surface area contributed by atoms with Crippen LogP contribution in [0.3, 0.4) is 0 Å². The fraction of sp³-hybridized carbons (Fsp3) is 0.333. The number of esters is 1. The maximum atomic E-state index is 12.5. The summed E-state index contributed by atoms with van der Waals surface area (Å²) >= 11 is 0. The number of ketones is 1. The van der Waals surface area contributed by atoms with E-state index in [-0.39, 0.29) is 17.0 Å². The molecule has 8 heteroatoms. The first-order chi connectivity index (χ1) is 13.9. The Hall–Kier alpha value is -3.26. The van der Waals surface area contributed by atoms with Crippen molar-refractivity contribution in [3.05, 3.63) is 69.3 Å². The highest BCUT2D eigenvalue weighted by atomic mass is 16.6. The zero-order chi connectivity index (χ0) is 21.0. The SMILES string of the molecule is Cc1ccc(C(=O)C(C)OC(=O)c2ccc(N3CCOCC3)c([N+](=O)[O-])c2)cc1. The summed E-state index contributed by atoms with van der Waals surface area (Å²) in [5.41, 5.74) is 1.72. The average Bonchev–Trinajstić information content (AvgIpc) is 2.73. The van der Waals surface area contributed by atoms with E-state index in [1.54, 1.807) is 24.3 Å². The highest BCUT2D eigenvalue weighted by molar-refractivity contribution is 6.01. The number of aryl methyl sites for hydroxylation is 1. The molecule has 1 unspecified atom stereocenters. The number of carbonyl (C=O) groups is 2. The van der Waals surface area contributed by atoms with Gasteiger partial charge in [-0.25, -0.2) is 4.79 Å². The Morgan fingerprint density at radius 1 is 1.10 bits per heavy atom. The number of benzene rings is 2. The van der Waals surface area contributed by atoms with E-state index in [9.17, 15) is 19.7 Å². The van der Waals surface area contributed by atoms with Gasteiger partial charge in [-0.15, -0.1) is 0 Å². The summed E-state index contributed by atoms with van der Waals surface area (Å²) in [6, 6.07) is 11.1. The van der Waals surface area contributed by atoms with Crippen LogP contribution in [0.5, 0.6) is 0 Å². The van der Waals surface area contributed by atoms with Crippen molar-refractivity contribution >= 4 is 23.1 Å². The molecule has 3 rings (SSSR count). The standard InChI is InChI=1S/C21H22N2O6/c1-14-3-5-16(6-4-14)20(24)15(2)29-21(25)17-7-8-18(19(13-17)23(26)27)22-9-11-28-12-10-22/h3-8,13,15H,9-12H2,1-2H3. The number of nitro benzene ring substituents is 1. The number of nitro groups is 1. The van der Waals surface area contributed by atoms with Gasteiger partial charge in [-0.05, 0) is 26.0 Å². The van der Waals surface area contributed by atoms with Gasteiger partial charge in [0.25, 0.3) is 5.69 Å². The van der Waals surface area contributed by atoms with Gasteiger partial charge in [0.05, 0.1) is 23.7 Å². The van der Waals surface area contributed by atoms with Gasteiger partial charge in [-0.1, -0.05) is 29.8 Å². The van der Waals surface area contributed by atoms with Crippen molar-refractivity contribution < 1.29 is 24.0 Å². The molecule has 2 aromatic carbocycles. The molecule has 1 aliphatic heterocycles. The van der Waals surface area contributed by atoms with Crippen LogP contribution in [0, 0.1) is 17.0 Å². The second-order valence-corrected chi connectivity index (χ2v) is 6.84. The summed E-state index contributed by atoms with van der Waals surface area (Å²) in [6.07, 6.45) is -1.01. The minimum atomic E-state index is -1.01. The van der Waals surface area contributed by atoms with Gasteiger partial charge in [-0.3, -0.25) is 14.9 Å². The molecule has 0 saturated carbocycles. The molecule has 0 bridgehead atoms. The van der Waals surface area contributed by atoms with Crippen LogP contribution in [0.25, 0.3) is 0 Å². The third-order valence-electron chi connectivity index (χ3n) is 4.75. The molecule has 1 heterocycles. The van der Waals surface area contributed by atoms with Crippen molar-refractivity contribution in [1.29, 1.82) is 0 Å². The van der Waals surface area contributed by atoms with Crippen molar-refractivity contribution in [2.75, 3.05) is 31.2 Å². The summed E-state index contributed by atoms with van der Waals surface area (Å²) in [4.78, 5) is 37.8. The topological polar surface area (TPSA) is 99.0 Å². The number of Topliss-reactive ketones (excluding diaryl/α,β-unsaturated/α-hetero) is 1. The quantitative estimate of drug-likeness (QED) is 0.319. The smallest absolute Gasteiger partial charge is 0.339 e. The number of hydrogen-bond donors (Lipinski definition) is 0. The highest BCUT2D eigenvalue weighted by Crippen LogP contribution is 2.30. The van der Waals surface area contributed by atoms with Gasteiger partial charge in [0.1, 0.15) is 5.69 Å². The van der Waals surface area contributed by atoms with Crippen LogP contribution in [0.1, 0.15) is 33.2 Å². The van der Waals surface area contributed by atoms with Crippen molar-refractivity contribution in [3.63, 3.8) is 0 Å². The Morgan fingerprint density at radius 2 is 1.72 bits per heavy atom. The lowest BCUT2D eigenvalue weighted by atomic mass is 10.1. The Morgan fingerprint density at radius 3 is 2.34 bits per heavy atom. The molecule has 0 aromatic heterocycles. The zero-order valence-corrected chi connectivity index (χ0v) is 16.3. The molecule has 1 saturated heterocycles. The van der Waals surface area contributed by atoms with Crippen molar-refractivity contribution in [3.8, 4) is 0 Å². The van der Waals surface area contributed by atoms with E-state index < -0.39 is 17.0 Å². The number of hydrogen-bond acceptors (Lipinski definition) is 7. The number of anilines is 1. The third kappa shape index (κ3) is 4.78. The molecule has 0 amide bonds.